The van der Waals surface area contributed by atoms with Crippen LogP contribution in [0.1, 0.15) is 0 Å². The summed E-state index contributed by atoms with van der Waals surface area (Å²) in [5.74, 6) is 0. The Morgan fingerprint density at radius 2 is 0.464 bits per heavy atom. The number of rotatable bonds is 8. The third-order valence-corrected chi connectivity index (χ3v) is 21.7. The third-order valence-electron chi connectivity index (χ3n) is 21.7. The van der Waals surface area contributed by atoms with Gasteiger partial charge in [-0.25, -0.2) is 34.9 Å². The Balaban J connectivity index is 0.000000138. The maximum absolute atomic E-state index is 5.20. The standard InChI is InChI=1S/C52H30N6.C48H28N6/c1-2-8-40-39(7-1)41(20-21-42(40)45-23-16-34-12-10-32-5-3-27-53-49(32)51(34)57-45)44-24-19-38-29-36(18-22-43(38)55-44)37-14-9-31-15-25-46(56-48(31)30-37)47-26-17-35-13-11-33-6-4-28-54-50(33)52(35)58-47;1-3-32-10-11-34-15-22-43(54-47(34)45(32)49-24-1)42-21-14-31-9-12-36(28-44(31)53-42)35-16-19-41-37(27-35)17-20-40(52-41)30-7-5-29(6-8-30)38-23-26-51-48-39(38)18-13-33-4-2-25-50-46(33)48/h1-30H;1-28H. The highest BCUT2D eigenvalue weighted by Crippen LogP contribution is 2.40. The fourth-order valence-electron chi connectivity index (χ4n) is 16.0. The first-order chi connectivity index (χ1) is 55.4. The van der Waals surface area contributed by atoms with Crippen molar-refractivity contribution in [3.63, 3.8) is 0 Å². The molecule has 518 valence electrons. The van der Waals surface area contributed by atoms with Crippen LogP contribution in [0.3, 0.4) is 0 Å². The van der Waals surface area contributed by atoms with Crippen LogP contribution in [0.25, 0.3) is 232 Å². The van der Waals surface area contributed by atoms with Gasteiger partial charge in [0, 0.05) is 112 Å². The monoisotopic (exact) mass is 1430 g/mol. The minimum Gasteiger partial charge on any atom is -0.254 e. The molecule has 0 unspecified atom stereocenters. The van der Waals surface area contributed by atoms with Crippen molar-refractivity contribution in [1.82, 2.24) is 59.8 Å². The summed E-state index contributed by atoms with van der Waals surface area (Å²) < 4.78 is 0. The van der Waals surface area contributed by atoms with Gasteiger partial charge in [-0.05, 0) is 153 Å². The van der Waals surface area contributed by atoms with Crippen molar-refractivity contribution in [3.05, 3.63) is 353 Å². The van der Waals surface area contributed by atoms with Gasteiger partial charge in [0.1, 0.15) is 0 Å². The van der Waals surface area contributed by atoms with Crippen molar-refractivity contribution in [2.24, 2.45) is 0 Å². The molecule has 112 heavy (non-hydrogen) atoms. The van der Waals surface area contributed by atoms with Crippen molar-refractivity contribution >= 4 is 142 Å². The zero-order valence-corrected chi connectivity index (χ0v) is 59.9. The third kappa shape index (κ3) is 11.2. The van der Waals surface area contributed by atoms with E-state index in [0.717, 1.165) is 232 Å². The fraction of sp³-hybridized carbons (Fsp3) is 0. The normalized spacial score (nSPS) is 11.8. The Labute approximate surface area is 639 Å². The van der Waals surface area contributed by atoms with Gasteiger partial charge in [0.25, 0.3) is 0 Å². The van der Waals surface area contributed by atoms with E-state index >= 15 is 0 Å². The second-order valence-corrected chi connectivity index (χ2v) is 28.3. The summed E-state index contributed by atoms with van der Waals surface area (Å²) in [7, 11) is 0. The molecule has 11 aromatic carbocycles. The van der Waals surface area contributed by atoms with Crippen LogP contribution >= 0.6 is 0 Å². The Morgan fingerprint density at radius 3 is 0.955 bits per heavy atom. The van der Waals surface area contributed by atoms with Gasteiger partial charge in [-0.15, -0.1) is 0 Å². The van der Waals surface area contributed by atoms with Gasteiger partial charge < -0.3 is 0 Å². The smallest absolute Gasteiger partial charge is 0.0972 e. The molecule has 0 aliphatic heterocycles. The molecule has 12 aromatic heterocycles. The molecule has 0 radical (unpaired) electrons. The molecule has 0 fully saturated rings. The maximum atomic E-state index is 5.20. The van der Waals surface area contributed by atoms with Gasteiger partial charge >= 0.3 is 0 Å². The average Bonchev–Trinajstić information content (AvgIpc) is 0.759. The molecule has 0 saturated carbocycles. The quantitative estimate of drug-likeness (QED) is 0.133. The van der Waals surface area contributed by atoms with Crippen LogP contribution in [0.4, 0.5) is 0 Å². The molecular formula is C100H58N12. The molecule has 0 saturated heterocycles. The van der Waals surface area contributed by atoms with Crippen LogP contribution in [0.5, 0.6) is 0 Å². The van der Waals surface area contributed by atoms with E-state index < -0.39 is 0 Å². The Bertz CT molecular complexity index is 7860. The lowest BCUT2D eigenvalue weighted by Crippen LogP contribution is -1.92. The Hall–Kier alpha value is -15.4. The van der Waals surface area contributed by atoms with Crippen LogP contribution in [0, 0.1) is 0 Å². The lowest BCUT2D eigenvalue weighted by Gasteiger charge is -2.13. The first-order valence-electron chi connectivity index (χ1n) is 37.3. The summed E-state index contributed by atoms with van der Waals surface area (Å²) in [6.07, 6.45) is 9.16. The van der Waals surface area contributed by atoms with E-state index in [0.29, 0.717) is 0 Å². The van der Waals surface area contributed by atoms with Crippen molar-refractivity contribution in [1.29, 1.82) is 0 Å². The fourth-order valence-corrected chi connectivity index (χ4v) is 16.0. The lowest BCUT2D eigenvalue weighted by atomic mass is 9.95. The summed E-state index contributed by atoms with van der Waals surface area (Å²) in [5, 5.41) is 15.2. The van der Waals surface area contributed by atoms with E-state index in [9.17, 15) is 0 Å². The zero-order chi connectivity index (χ0) is 73.7. The topological polar surface area (TPSA) is 155 Å². The zero-order valence-electron chi connectivity index (χ0n) is 59.9. The van der Waals surface area contributed by atoms with E-state index in [-0.39, 0.29) is 0 Å². The molecule has 0 spiro atoms. The highest BCUT2D eigenvalue weighted by Gasteiger charge is 2.18. The van der Waals surface area contributed by atoms with Crippen molar-refractivity contribution < 1.29 is 0 Å². The van der Waals surface area contributed by atoms with Crippen LogP contribution < -0.4 is 0 Å². The molecule has 0 amide bonds. The summed E-state index contributed by atoms with van der Waals surface area (Å²) in [4.78, 5) is 58.9. The maximum Gasteiger partial charge on any atom is 0.0972 e. The van der Waals surface area contributed by atoms with E-state index in [4.69, 9.17) is 34.9 Å². The van der Waals surface area contributed by atoms with Gasteiger partial charge in [0.2, 0.25) is 0 Å². The molecule has 0 atom stereocenters. The highest BCUT2D eigenvalue weighted by molar-refractivity contribution is 6.11. The second-order valence-electron chi connectivity index (χ2n) is 28.3. The van der Waals surface area contributed by atoms with Gasteiger partial charge in [0.05, 0.1) is 106 Å². The first kappa shape index (κ1) is 63.8. The van der Waals surface area contributed by atoms with Gasteiger partial charge in [-0.1, -0.05) is 212 Å². The van der Waals surface area contributed by atoms with Gasteiger partial charge in [-0.3, -0.25) is 24.9 Å². The Morgan fingerprint density at radius 1 is 0.143 bits per heavy atom. The molecule has 23 rings (SSSR count). The Kier molecular flexibility index (Phi) is 15.0. The van der Waals surface area contributed by atoms with Gasteiger partial charge in [0.15, 0.2) is 0 Å². The van der Waals surface area contributed by atoms with Crippen molar-refractivity contribution in [2.75, 3.05) is 0 Å². The van der Waals surface area contributed by atoms with E-state index in [2.05, 4.69) is 298 Å². The van der Waals surface area contributed by atoms with Crippen molar-refractivity contribution in [2.45, 2.75) is 0 Å². The molecule has 0 aliphatic rings. The molecule has 12 nitrogen and oxygen atoms in total. The molecular weight excluding hydrogens is 1370 g/mol. The summed E-state index contributed by atoms with van der Waals surface area (Å²) in [5.41, 5.74) is 27.0. The molecule has 12 heteroatoms. The molecule has 0 aliphatic carbocycles. The SMILES string of the molecule is c1cnc2c(c1)ccc1ccc(-c3ccc4ccc(-c5ccc6nc(-c7ccc(-c8ccc9ccc%10cccnc%10c9n8)c8ccccc78)ccc6c5)cc4n3)nc12.c1cnc2c(c1)ccc1ccc(-c3ccc4ccc(-c5ccc6nc(-c7ccc(-c8ccnc9c8ccc8cccnc89)cc7)ccc6c5)cc4n3)nc12. The molecule has 23 aromatic rings. The number of benzene rings is 11. The predicted molar refractivity (Wildman–Crippen MR) is 457 cm³/mol. The number of hydrogen-bond acceptors (Lipinski definition) is 12. The van der Waals surface area contributed by atoms with Crippen LogP contribution in [-0.2, 0) is 0 Å². The van der Waals surface area contributed by atoms with Crippen LogP contribution in [-0.4, -0.2) is 59.8 Å². The molecule has 0 N–H and O–H groups in total. The van der Waals surface area contributed by atoms with Crippen molar-refractivity contribution in [3.8, 4) is 89.9 Å². The van der Waals surface area contributed by atoms with Crippen LogP contribution in [0.15, 0.2) is 353 Å². The minimum absolute atomic E-state index is 0.824. The number of fused-ring (bicyclic) bond motifs is 17. The predicted octanol–water partition coefficient (Wildman–Crippen LogP) is 24.4. The number of hydrogen-bond donors (Lipinski definition) is 0. The van der Waals surface area contributed by atoms with E-state index in [1.54, 1.807) is 0 Å². The number of aromatic nitrogens is 12. The second kappa shape index (κ2) is 26.2. The van der Waals surface area contributed by atoms with E-state index in [1.807, 2.05) is 79.5 Å². The van der Waals surface area contributed by atoms with Gasteiger partial charge in [-0.2, -0.15) is 0 Å². The average molecular weight is 1430 g/mol. The lowest BCUT2D eigenvalue weighted by molar-refractivity contribution is 1.31. The summed E-state index contributed by atoms with van der Waals surface area (Å²) in [6.45, 7) is 0. The minimum atomic E-state index is 0.824. The largest absolute Gasteiger partial charge is 0.254 e. The summed E-state index contributed by atoms with van der Waals surface area (Å²) >= 11 is 0. The molecule has 0 bridgehead atoms. The van der Waals surface area contributed by atoms with E-state index in [1.165, 1.54) is 0 Å². The molecule has 12 heterocycles. The first-order valence-corrected chi connectivity index (χ1v) is 37.3. The number of nitrogens with zero attached hydrogens (tertiary/aromatic N) is 12. The summed E-state index contributed by atoms with van der Waals surface area (Å²) in [6, 6.07) is 112. The highest BCUT2D eigenvalue weighted by atomic mass is 14.8. The number of pyridine rings is 12. The van der Waals surface area contributed by atoms with Crippen LogP contribution in [0.2, 0.25) is 0 Å².